The molecular weight excluding hydrogens is 501 g/mol. The number of halogens is 2. The number of rotatable bonds is 9. The second-order valence-electron chi connectivity index (χ2n) is 9.69. The van der Waals surface area contributed by atoms with Crippen LogP contribution in [0.1, 0.15) is 30.4 Å². The van der Waals surface area contributed by atoms with Crippen LogP contribution in [-0.4, -0.2) is 45.4 Å². The van der Waals surface area contributed by atoms with Gasteiger partial charge in [0.25, 0.3) is 0 Å². The number of nitrogens with zero attached hydrogens (tertiary/aromatic N) is 1. The Bertz CT molecular complexity index is 1400. The molecule has 5 rings (SSSR count). The largest absolute Gasteiger partial charge is 0.497 e. The van der Waals surface area contributed by atoms with Crippen molar-refractivity contribution in [3.05, 3.63) is 88.7 Å². The van der Waals surface area contributed by atoms with Gasteiger partial charge in [-0.2, -0.15) is 0 Å². The van der Waals surface area contributed by atoms with E-state index in [9.17, 15) is 4.39 Å². The van der Waals surface area contributed by atoms with E-state index >= 15 is 0 Å². The molecule has 0 amide bonds. The molecular formula is C32H33ClFNO3. The average molecular weight is 534 g/mol. The third kappa shape index (κ3) is 5.74. The number of fused-ring (bicyclic) bond motifs is 1. The molecule has 0 unspecified atom stereocenters. The molecule has 1 saturated heterocycles. The molecule has 1 heterocycles. The van der Waals surface area contributed by atoms with E-state index in [0.29, 0.717) is 18.8 Å². The SMILES string of the molecule is COc1ccc2c(Cc3ccc(OCCN4CCCCC4)cc3)c(-c3ccc(F)c(Cl)c3OC)ccc2c1. The summed E-state index contributed by atoms with van der Waals surface area (Å²) >= 11 is 6.29. The van der Waals surface area contributed by atoms with Gasteiger partial charge in [0.2, 0.25) is 0 Å². The Balaban J connectivity index is 1.44. The Labute approximate surface area is 228 Å². The highest BCUT2D eigenvalue weighted by atomic mass is 35.5. The monoisotopic (exact) mass is 533 g/mol. The van der Waals surface area contributed by atoms with Crippen molar-refractivity contribution in [3.8, 4) is 28.4 Å². The molecule has 0 radical (unpaired) electrons. The van der Waals surface area contributed by atoms with E-state index in [1.165, 1.54) is 45.5 Å². The first kappa shape index (κ1) is 26.3. The quantitative estimate of drug-likeness (QED) is 0.220. The lowest BCUT2D eigenvalue weighted by atomic mass is 9.89. The van der Waals surface area contributed by atoms with Crippen LogP contribution in [0.4, 0.5) is 4.39 Å². The average Bonchev–Trinajstić information content (AvgIpc) is 2.96. The lowest BCUT2D eigenvalue weighted by molar-refractivity contribution is 0.183. The van der Waals surface area contributed by atoms with Gasteiger partial charge in [0.1, 0.15) is 34.7 Å². The van der Waals surface area contributed by atoms with Crippen LogP contribution in [0.5, 0.6) is 17.2 Å². The summed E-state index contributed by atoms with van der Waals surface area (Å²) in [5, 5.41) is 2.14. The van der Waals surface area contributed by atoms with Crippen LogP contribution < -0.4 is 14.2 Å². The van der Waals surface area contributed by atoms with Crippen molar-refractivity contribution in [3.63, 3.8) is 0 Å². The molecule has 0 saturated carbocycles. The van der Waals surface area contributed by atoms with Crippen molar-refractivity contribution in [2.45, 2.75) is 25.7 Å². The topological polar surface area (TPSA) is 30.9 Å². The van der Waals surface area contributed by atoms with Crippen LogP contribution in [0.25, 0.3) is 21.9 Å². The molecule has 0 aliphatic carbocycles. The Kier molecular flexibility index (Phi) is 8.35. The molecule has 38 heavy (non-hydrogen) atoms. The van der Waals surface area contributed by atoms with Crippen LogP contribution in [-0.2, 0) is 6.42 Å². The van der Waals surface area contributed by atoms with Crippen molar-refractivity contribution in [1.82, 2.24) is 4.90 Å². The first-order valence-corrected chi connectivity index (χ1v) is 13.5. The standard InChI is InChI=1S/C32H33ClFNO3/c1-36-25-11-13-26-23(21-25)8-12-27(28-14-15-30(34)31(33)32(28)37-2)29(26)20-22-6-9-24(10-7-22)38-19-18-35-16-4-3-5-17-35/h6-15,21H,3-5,16-20H2,1-2H3. The summed E-state index contributed by atoms with van der Waals surface area (Å²) in [7, 11) is 3.18. The van der Waals surface area contributed by atoms with Crippen molar-refractivity contribution >= 4 is 22.4 Å². The first-order chi connectivity index (χ1) is 18.6. The third-order valence-corrected chi connectivity index (χ3v) is 7.66. The Morgan fingerprint density at radius 1 is 0.816 bits per heavy atom. The predicted molar refractivity (Wildman–Crippen MR) is 152 cm³/mol. The number of benzene rings is 4. The fourth-order valence-corrected chi connectivity index (χ4v) is 5.51. The maximum atomic E-state index is 14.2. The predicted octanol–water partition coefficient (Wildman–Crippen LogP) is 7.77. The number of hydrogen-bond donors (Lipinski definition) is 0. The molecule has 1 aliphatic rings. The molecule has 0 N–H and O–H groups in total. The van der Waals surface area contributed by atoms with Gasteiger partial charge in [-0.05, 0) is 96.2 Å². The summed E-state index contributed by atoms with van der Waals surface area (Å²) in [6.07, 6.45) is 4.58. The minimum Gasteiger partial charge on any atom is -0.497 e. The zero-order chi connectivity index (χ0) is 26.5. The number of likely N-dealkylation sites (tertiary alicyclic amines) is 1. The van der Waals surface area contributed by atoms with Gasteiger partial charge in [-0.15, -0.1) is 0 Å². The van der Waals surface area contributed by atoms with Crippen molar-refractivity contribution in [2.75, 3.05) is 40.5 Å². The lowest BCUT2D eigenvalue weighted by Crippen LogP contribution is -2.33. The number of ether oxygens (including phenoxy) is 3. The van der Waals surface area contributed by atoms with Gasteiger partial charge in [0, 0.05) is 12.1 Å². The molecule has 198 valence electrons. The Morgan fingerprint density at radius 3 is 2.29 bits per heavy atom. The Hall–Kier alpha value is -3.28. The van der Waals surface area contributed by atoms with E-state index in [-0.39, 0.29) is 5.02 Å². The van der Waals surface area contributed by atoms with Gasteiger partial charge in [-0.25, -0.2) is 4.39 Å². The van der Waals surface area contributed by atoms with Crippen LogP contribution in [0.3, 0.4) is 0 Å². The molecule has 0 aromatic heterocycles. The normalized spacial score (nSPS) is 14.0. The Morgan fingerprint density at radius 2 is 1.55 bits per heavy atom. The minimum absolute atomic E-state index is 0.0168. The lowest BCUT2D eigenvalue weighted by Gasteiger charge is -2.26. The summed E-state index contributed by atoms with van der Waals surface area (Å²) in [6, 6.07) is 21.6. The van der Waals surface area contributed by atoms with Gasteiger partial charge < -0.3 is 14.2 Å². The van der Waals surface area contributed by atoms with Gasteiger partial charge >= 0.3 is 0 Å². The van der Waals surface area contributed by atoms with Crippen molar-refractivity contribution < 1.29 is 18.6 Å². The number of methoxy groups -OCH3 is 2. The summed E-state index contributed by atoms with van der Waals surface area (Å²) in [5.74, 6) is 1.50. The van der Waals surface area contributed by atoms with Crippen LogP contribution >= 0.6 is 11.6 Å². The van der Waals surface area contributed by atoms with Crippen molar-refractivity contribution in [1.29, 1.82) is 0 Å². The molecule has 0 spiro atoms. The molecule has 0 atom stereocenters. The number of hydrogen-bond acceptors (Lipinski definition) is 4. The molecule has 0 bridgehead atoms. The highest BCUT2D eigenvalue weighted by molar-refractivity contribution is 6.32. The van der Waals surface area contributed by atoms with E-state index in [0.717, 1.165) is 51.1 Å². The molecule has 6 heteroatoms. The third-order valence-electron chi connectivity index (χ3n) is 7.31. The first-order valence-electron chi connectivity index (χ1n) is 13.1. The minimum atomic E-state index is -0.504. The van der Waals surface area contributed by atoms with E-state index in [2.05, 4.69) is 23.1 Å². The smallest absolute Gasteiger partial charge is 0.148 e. The summed E-state index contributed by atoms with van der Waals surface area (Å²) in [6.45, 7) is 4.00. The fourth-order valence-electron chi connectivity index (χ4n) is 5.27. The molecule has 4 aromatic rings. The maximum Gasteiger partial charge on any atom is 0.148 e. The van der Waals surface area contributed by atoms with E-state index in [4.69, 9.17) is 25.8 Å². The summed E-state index contributed by atoms with van der Waals surface area (Å²) < 4.78 is 31.3. The zero-order valence-corrected chi connectivity index (χ0v) is 22.7. The van der Waals surface area contributed by atoms with Gasteiger partial charge in [-0.3, -0.25) is 4.90 Å². The van der Waals surface area contributed by atoms with Crippen molar-refractivity contribution in [2.24, 2.45) is 0 Å². The maximum absolute atomic E-state index is 14.2. The summed E-state index contributed by atoms with van der Waals surface area (Å²) in [4.78, 5) is 2.48. The second-order valence-corrected chi connectivity index (χ2v) is 10.1. The molecule has 1 fully saturated rings. The van der Waals surface area contributed by atoms with E-state index in [1.54, 1.807) is 13.2 Å². The van der Waals surface area contributed by atoms with Gasteiger partial charge in [0.15, 0.2) is 0 Å². The van der Waals surface area contributed by atoms with E-state index in [1.807, 2.05) is 36.4 Å². The summed E-state index contributed by atoms with van der Waals surface area (Å²) in [5.41, 5.74) is 3.95. The van der Waals surface area contributed by atoms with Crippen LogP contribution in [0.2, 0.25) is 5.02 Å². The highest BCUT2D eigenvalue weighted by Crippen LogP contribution is 2.42. The zero-order valence-electron chi connectivity index (χ0n) is 21.9. The fraction of sp³-hybridized carbons (Fsp3) is 0.312. The van der Waals surface area contributed by atoms with E-state index < -0.39 is 5.82 Å². The van der Waals surface area contributed by atoms with Gasteiger partial charge in [-0.1, -0.05) is 48.4 Å². The van der Waals surface area contributed by atoms with Crippen LogP contribution in [0, 0.1) is 5.82 Å². The molecule has 1 aliphatic heterocycles. The number of piperidine rings is 1. The van der Waals surface area contributed by atoms with Gasteiger partial charge in [0.05, 0.1) is 14.2 Å². The molecule has 4 nitrogen and oxygen atoms in total. The second kappa shape index (κ2) is 12.1. The van der Waals surface area contributed by atoms with Crippen LogP contribution in [0.15, 0.2) is 66.7 Å². The molecule has 4 aromatic carbocycles. The highest BCUT2D eigenvalue weighted by Gasteiger charge is 2.19.